The number of hydrogen-bond acceptors (Lipinski definition) is 2. The van der Waals surface area contributed by atoms with E-state index in [4.69, 9.17) is 18.0 Å². The molecular formula is C11H6BrF4N3S. The molecule has 0 unspecified atom stereocenters. The Morgan fingerprint density at radius 3 is 2.50 bits per heavy atom. The average Bonchev–Trinajstić information content (AvgIpc) is 2.81. The predicted octanol–water partition coefficient (Wildman–Crippen LogP) is 3.43. The highest BCUT2D eigenvalue weighted by Gasteiger charge is 2.32. The second-order valence-electron chi connectivity index (χ2n) is 3.80. The van der Waals surface area contributed by atoms with E-state index in [1.54, 1.807) is 0 Å². The van der Waals surface area contributed by atoms with E-state index < -0.39 is 17.6 Å². The summed E-state index contributed by atoms with van der Waals surface area (Å²) in [4.78, 5) is -0.0289. The van der Waals surface area contributed by atoms with E-state index in [1.807, 2.05) is 0 Å². The van der Waals surface area contributed by atoms with Gasteiger partial charge >= 0.3 is 6.18 Å². The van der Waals surface area contributed by atoms with Gasteiger partial charge in [-0.1, -0.05) is 12.2 Å². The van der Waals surface area contributed by atoms with E-state index in [0.29, 0.717) is 12.4 Å². The zero-order valence-corrected chi connectivity index (χ0v) is 12.0. The molecule has 0 amide bonds. The van der Waals surface area contributed by atoms with Crippen LogP contribution in [0.1, 0.15) is 11.1 Å². The molecule has 106 valence electrons. The molecule has 0 saturated carbocycles. The van der Waals surface area contributed by atoms with Gasteiger partial charge in [0.25, 0.3) is 0 Å². The Morgan fingerprint density at radius 2 is 2.00 bits per heavy atom. The molecule has 0 atom stereocenters. The minimum atomic E-state index is -4.54. The number of nitrogens with two attached hydrogens (primary N) is 1. The van der Waals surface area contributed by atoms with Crippen molar-refractivity contribution >= 4 is 33.1 Å². The van der Waals surface area contributed by atoms with Crippen LogP contribution in [-0.2, 0) is 6.18 Å². The lowest BCUT2D eigenvalue weighted by molar-refractivity contribution is -0.137. The zero-order valence-electron chi connectivity index (χ0n) is 9.58. The molecule has 1 aromatic carbocycles. The molecule has 0 bridgehead atoms. The molecule has 1 aromatic heterocycles. The third-order valence-corrected chi connectivity index (χ3v) is 3.48. The lowest BCUT2D eigenvalue weighted by atomic mass is 10.2. The third kappa shape index (κ3) is 2.68. The molecule has 9 heteroatoms. The molecule has 0 saturated heterocycles. The van der Waals surface area contributed by atoms with Gasteiger partial charge in [0.05, 0.1) is 16.2 Å². The minimum absolute atomic E-state index is 0.0217. The highest BCUT2D eigenvalue weighted by molar-refractivity contribution is 9.10. The van der Waals surface area contributed by atoms with E-state index in [1.165, 1.54) is 12.1 Å². The standard InChI is InChI=1S/C11H6BrF4N3S/c12-8-6(10(17)20)1-2-7(9(8)13)19-4-5(3-18-19)11(14,15)16/h1-4H,(H2,17,20). The molecule has 0 aliphatic carbocycles. The van der Waals surface area contributed by atoms with Crippen LogP contribution in [0.25, 0.3) is 5.69 Å². The summed E-state index contributed by atoms with van der Waals surface area (Å²) in [5.41, 5.74) is 4.54. The number of thiocarbonyl (C=S) groups is 1. The summed E-state index contributed by atoms with van der Waals surface area (Å²) >= 11 is 7.70. The first-order valence-corrected chi connectivity index (χ1v) is 6.32. The first-order chi connectivity index (χ1) is 9.21. The summed E-state index contributed by atoms with van der Waals surface area (Å²) in [6.07, 6.45) is -3.22. The molecule has 20 heavy (non-hydrogen) atoms. The Labute approximate surface area is 124 Å². The zero-order chi connectivity index (χ0) is 15.1. The van der Waals surface area contributed by atoms with Crippen LogP contribution in [0.3, 0.4) is 0 Å². The fraction of sp³-hybridized carbons (Fsp3) is 0.0909. The Hall–Kier alpha value is -1.48. The largest absolute Gasteiger partial charge is 0.419 e. The lowest BCUT2D eigenvalue weighted by Crippen LogP contribution is -2.12. The van der Waals surface area contributed by atoms with Gasteiger partial charge in [0.1, 0.15) is 10.7 Å². The van der Waals surface area contributed by atoms with Crippen LogP contribution >= 0.6 is 28.1 Å². The molecule has 2 aromatic rings. The van der Waals surface area contributed by atoms with Gasteiger partial charge in [-0.25, -0.2) is 9.07 Å². The molecule has 0 radical (unpaired) electrons. The smallest absolute Gasteiger partial charge is 0.389 e. The van der Waals surface area contributed by atoms with E-state index in [2.05, 4.69) is 21.0 Å². The molecule has 0 spiro atoms. The van der Waals surface area contributed by atoms with Crippen molar-refractivity contribution in [1.82, 2.24) is 9.78 Å². The maximum Gasteiger partial charge on any atom is 0.419 e. The molecule has 0 fully saturated rings. The molecule has 1 heterocycles. The van der Waals surface area contributed by atoms with Gasteiger partial charge in [0, 0.05) is 11.8 Å². The number of aromatic nitrogens is 2. The maximum absolute atomic E-state index is 14.1. The summed E-state index contributed by atoms with van der Waals surface area (Å²) < 4.78 is 52.3. The number of alkyl halides is 3. The van der Waals surface area contributed by atoms with Gasteiger partial charge in [0.2, 0.25) is 0 Å². The first kappa shape index (κ1) is 14.9. The minimum Gasteiger partial charge on any atom is -0.389 e. The second kappa shape index (κ2) is 5.13. The summed E-state index contributed by atoms with van der Waals surface area (Å²) in [5.74, 6) is -0.799. The first-order valence-electron chi connectivity index (χ1n) is 5.12. The van der Waals surface area contributed by atoms with E-state index in [0.717, 1.165) is 4.68 Å². The molecule has 2 rings (SSSR count). The van der Waals surface area contributed by atoms with Crippen LogP contribution < -0.4 is 5.73 Å². The van der Waals surface area contributed by atoms with Gasteiger partial charge < -0.3 is 5.73 Å². The lowest BCUT2D eigenvalue weighted by Gasteiger charge is -2.08. The quantitative estimate of drug-likeness (QED) is 0.653. The van der Waals surface area contributed by atoms with Crippen molar-refractivity contribution in [3.05, 3.63) is 45.9 Å². The number of rotatable bonds is 2. The molecule has 3 nitrogen and oxygen atoms in total. The molecule has 2 N–H and O–H groups in total. The SMILES string of the molecule is NC(=S)c1ccc(-n2cc(C(F)(F)F)cn2)c(F)c1Br. The van der Waals surface area contributed by atoms with Gasteiger partial charge in [-0.15, -0.1) is 0 Å². The van der Waals surface area contributed by atoms with E-state index in [9.17, 15) is 17.6 Å². The Bertz CT molecular complexity index is 681. The van der Waals surface area contributed by atoms with Gasteiger partial charge in [-0.2, -0.15) is 18.3 Å². The van der Waals surface area contributed by atoms with Gasteiger partial charge in [0.15, 0.2) is 5.82 Å². The summed E-state index contributed by atoms with van der Waals surface area (Å²) in [6.45, 7) is 0. The normalized spacial score (nSPS) is 11.7. The predicted molar refractivity (Wildman–Crippen MR) is 72.1 cm³/mol. The highest BCUT2D eigenvalue weighted by atomic mass is 79.9. The van der Waals surface area contributed by atoms with Crippen molar-refractivity contribution in [1.29, 1.82) is 0 Å². The van der Waals surface area contributed by atoms with E-state index in [-0.39, 0.29) is 20.7 Å². The monoisotopic (exact) mass is 367 g/mol. The van der Waals surface area contributed by atoms with Crippen molar-refractivity contribution in [2.75, 3.05) is 0 Å². The number of nitrogens with zero attached hydrogens (tertiary/aromatic N) is 2. The maximum atomic E-state index is 14.1. The van der Waals surface area contributed by atoms with Crippen molar-refractivity contribution in [3.8, 4) is 5.69 Å². The number of hydrogen-bond donors (Lipinski definition) is 1. The van der Waals surface area contributed by atoms with Crippen LogP contribution in [0.5, 0.6) is 0 Å². The van der Waals surface area contributed by atoms with Crippen LogP contribution in [0.4, 0.5) is 17.6 Å². The van der Waals surface area contributed by atoms with Crippen LogP contribution in [0.2, 0.25) is 0 Å². The number of halogens is 5. The topological polar surface area (TPSA) is 43.8 Å². The Balaban J connectivity index is 2.52. The fourth-order valence-electron chi connectivity index (χ4n) is 1.51. The van der Waals surface area contributed by atoms with Crippen molar-refractivity contribution in [2.24, 2.45) is 5.73 Å². The summed E-state index contributed by atoms with van der Waals surface area (Å²) in [6, 6.07) is 2.65. The van der Waals surface area contributed by atoms with Crippen LogP contribution in [0.15, 0.2) is 29.0 Å². The third-order valence-electron chi connectivity index (χ3n) is 2.48. The fourth-order valence-corrected chi connectivity index (χ4v) is 2.36. The highest BCUT2D eigenvalue weighted by Crippen LogP contribution is 2.31. The Morgan fingerprint density at radius 1 is 1.35 bits per heavy atom. The summed E-state index contributed by atoms with van der Waals surface area (Å²) in [7, 11) is 0. The van der Waals surface area contributed by atoms with Crippen molar-refractivity contribution < 1.29 is 17.6 Å². The molecule has 0 aliphatic rings. The van der Waals surface area contributed by atoms with Crippen molar-refractivity contribution in [3.63, 3.8) is 0 Å². The van der Waals surface area contributed by atoms with Crippen molar-refractivity contribution in [2.45, 2.75) is 6.18 Å². The van der Waals surface area contributed by atoms with Crippen LogP contribution in [0, 0.1) is 5.82 Å². The van der Waals surface area contributed by atoms with Gasteiger partial charge in [-0.05, 0) is 28.1 Å². The molecular weight excluding hydrogens is 362 g/mol. The summed E-state index contributed by atoms with van der Waals surface area (Å²) in [5, 5.41) is 3.50. The number of benzene rings is 1. The van der Waals surface area contributed by atoms with Gasteiger partial charge in [-0.3, -0.25) is 0 Å². The second-order valence-corrected chi connectivity index (χ2v) is 5.03. The van der Waals surface area contributed by atoms with E-state index >= 15 is 0 Å². The Kier molecular flexibility index (Phi) is 3.83. The average molecular weight is 368 g/mol. The van der Waals surface area contributed by atoms with Crippen LogP contribution in [-0.4, -0.2) is 14.8 Å². The molecule has 0 aliphatic heterocycles.